The van der Waals surface area contributed by atoms with E-state index in [1.165, 1.54) is 0 Å². The summed E-state index contributed by atoms with van der Waals surface area (Å²) in [5.74, 6) is 1.73. The minimum absolute atomic E-state index is 0.0887. The van der Waals surface area contributed by atoms with E-state index in [0.717, 1.165) is 28.1 Å². The van der Waals surface area contributed by atoms with E-state index in [1.54, 1.807) is 28.9 Å². The summed E-state index contributed by atoms with van der Waals surface area (Å²) in [5, 5.41) is 7.43. The molecule has 0 saturated carbocycles. The first-order chi connectivity index (χ1) is 17.0. The molecule has 6 heteroatoms. The van der Waals surface area contributed by atoms with Gasteiger partial charge in [0.15, 0.2) is 5.82 Å². The topological polar surface area (TPSA) is 69.0 Å². The van der Waals surface area contributed by atoms with Crippen LogP contribution < -0.4 is 10.1 Å². The lowest BCUT2D eigenvalue weighted by atomic mass is 10.1. The molecule has 172 valence electrons. The number of hydrogen-bond acceptors (Lipinski definition) is 4. The molecule has 1 amide bonds. The molecule has 0 saturated heterocycles. The van der Waals surface area contributed by atoms with Gasteiger partial charge in [0.25, 0.3) is 5.91 Å². The second-order valence-corrected chi connectivity index (χ2v) is 8.27. The van der Waals surface area contributed by atoms with Crippen LogP contribution in [0.4, 0.5) is 5.69 Å². The molecule has 0 radical (unpaired) electrons. The number of ether oxygens (including phenoxy) is 1. The fraction of sp³-hybridized carbons (Fsp3) is 0.0690. The van der Waals surface area contributed by atoms with Crippen LogP contribution in [0.15, 0.2) is 103 Å². The Labute approximate surface area is 203 Å². The van der Waals surface area contributed by atoms with Gasteiger partial charge >= 0.3 is 0 Å². The molecule has 0 unspecified atom stereocenters. The molecular weight excluding hydrogens is 436 g/mol. The summed E-state index contributed by atoms with van der Waals surface area (Å²) < 4.78 is 7.52. The average Bonchev–Trinajstić information content (AvgIpc) is 3.32. The maximum absolute atomic E-state index is 13.0. The van der Waals surface area contributed by atoms with E-state index in [1.807, 2.05) is 92.7 Å². The molecule has 6 nitrogen and oxygen atoms in total. The second kappa shape index (κ2) is 9.65. The van der Waals surface area contributed by atoms with Gasteiger partial charge in [0, 0.05) is 11.3 Å². The Morgan fingerprint density at radius 2 is 1.34 bits per heavy atom. The number of hydrogen-bond donors (Lipinski definition) is 1. The minimum atomic E-state index is -0.388. The molecule has 1 heterocycles. The third-order valence-electron chi connectivity index (χ3n) is 5.49. The number of carbonyl (C=O) groups excluding carboxylic acids is 1. The molecule has 0 atom stereocenters. The Morgan fingerprint density at radius 1 is 0.743 bits per heavy atom. The van der Waals surface area contributed by atoms with Gasteiger partial charge in [-0.3, -0.25) is 4.79 Å². The highest BCUT2D eigenvalue weighted by atomic mass is 16.5. The van der Waals surface area contributed by atoms with Gasteiger partial charge in [-0.2, -0.15) is 0 Å². The van der Waals surface area contributed by atoms with Crippen LogP contribution in [-0.4, -0.2) is 20.7 Å². The first-order valence-electron chi connectivity index (χ1n) is 11.3. The predicted octanol–water partition coefficient (Wildman–Crippen LogP) is 6.60. The summed E-state index contributed by atoms with van der Waals surface area (Å²) in [5.41, 5.74) is 4.63. The van der Waals surface area contributed by atoms with Crippen molar-refractivity contribution in [1.82, 2.24) is 14.8 Å². The highest BCUT2D eigenvalue weighted by Gasteiger charge is 2.19. The monoisotopic (exact) mass is 460 g/mol. The number of nitrogens with one attached hydrogen (secondary N) is 1. The van der Waals surface area contributed by atoms with Gasteiger partial charge in [0.05, 0.1) is 5.69 Å². The Bertz CT molecular complexity index is 1380. The third-order valence-corrected chi connectivity index (χ3v) is 5.49. The molecule has 5 rings (SSSR count). The lowest BCUT2D eigenvalue weighted by Gasteiger charge is -2.07. The van der Waals surface area contributed by atoms with Crippen LogP contribution in [0.2, 0.25) is 0 Å². The fourth-order valence-electron chi connectivity index (χ4n) is 3.58. The standard InChI is InChI=1S/C29H24N4O2/c1-20-8-12-22(13-9-20)28-31-27(32-33(28)24-16-10-21(2)11-17-24)29(34)30-23-14-18-26(19-15-23)35-25-6-4-3-5-7-25/h3-19H,1-2H3,(H,30,34). The van der Waals surface area contributed by atoms with E-state index in [9.17, 15) is 4.79 Å². The smallest absolute Gasteiger partial charge is 0.295 e. The van der Waals surface area contributed by atoms with Gasteiger partial charge in [-0.25, -0.2) is 9.67 Å². The van der Waals surface area contributed by atoms with Crippen LogP contribution in [0.1, 0.15) is 21.7 Å². The maximum atomic E-state index is 13.0. The Morgan fingerprint density at radius 3 is 2.00 bits per heavy atom. The molecule has 1 aromatic heterocycles. The first-order valence-corrected chi connectivity index (χ1v) is 11.3. The SMILES string of the molecule is Cc1ccc(-c2nc(C(=O)Nc3ccc(Oc4ccccc4)cc3)nn2-c2ccc(C)cc2)cc1. The number of aryl methyl sites for hydroxylation is 2. The van der Waals surface area contributed by atoms with Crippen molar-refractivity contribution < 1.29 is 9.53 Å². The first kappa shape index (κ1) is 22.1. The number of nitrogens with zero attached hydrogens (tertiary/aromatic N) is 3. The number of amides is 1. The molecule has 0 aliphatic rings. The zero-order valence-corrected chi connectivity index (χ0v) is 19.5. The van der Waals surface area contributed by atoms with E-state index >= 15 is 0 Å². The normalized spacial score (nSPS) is 10.7. The number of aromatic nitrogens is 3. The zero-order chi connectivity index (χ0) is 24.2. The van der Waals surface area contributed by atoms with Crippen molar-refractivity contribution in [2.24, 2.45) is 0 Å². The Hall–Kier alpha value is -4.71. The van der Waals surface area contributed by atoms with Crippen molar-refractivity contribution in [1.29, 1.82) is 0 Å². The van der Waals surface area contributed by atoms with E-state index < -0.39 is 0 Å². The van der Waals surface area contributed by atoms with E-state index in [2.05, 4.69) is 15.4 Å². The number of carbonyl (C=O) groups is 1. The lowest BCUT2D eigenvalue weighted by molar-refractivity contribution is 0.101. The molecule has 0 bridgehead atoms. The fourth-order valence-corrected chi connectivity index (χ4v) is 3.58. The van der Waals surface area contributed by atoms with Crippen molar-refractivity contribution >= 4 is 11.6 Å². The van der Waals surface area contributed by atoms with Crippen molar-refractivity contribution in [3.05, 3.63) is 120 Å². The van der Waals surface area contributed by atoms with Crippen molar-refractivity contribution in [2.45, 2.75) is 13.8 Å². The van der Waals surface area contributed by atoms with Crippen molar-refractivity contribution in [2.75, 3.05) is 5.32 Å². The van der Waals surface area contributed by atoms with Crippen LogP contribution in [0, 0.1) is 13.8 Å². The lowest BCUT2D eigenvalue weighted by Crippen LogP contribution is -2.14. The Balaban J connectivity index is 1.40. The van der Waals surface area contributed by atoms with Gasteiger partial charge < -0.3 is 10.1 Å². The number of para-hydroxylation sites is 1. The Kier molecular flexibility index (Phi) is 6.09. The summed E-state index contributed by atoms with van der Waals surface area (Å²) in [6.07, 6.45) is 0. The minimum Gasteiger partial charge on any atom is -0.457 e. The van der Waals surface area contributed by atoms with Gasteiger partial charge in [0.1, 0.15) is 11.5 Å². The molecule has 0 spiro atoms. The number of anilines is 1. The summed E-state index contributed by atoms with van der Waals surface area (Å²) in [4.78, 5) is 17.6. The molecule has 4 aromatic carbocycles. The van der Waals surface area contributed by atoms with Gasteiger partial charge in [-0.15, -0.1) is 5.10 Å². The van der Waals surface area contributed by atoms with Crippen LogP contribution >= 0.6 is 0 Å². The molecule has 35 heavy (non-hydrogen) atoms. The van der Waals surface area contributed by atoms with Gasteiger partial charge in [0.2, 0.25) is 5.82 Å². The van der Waals surface area contributed by atoms with Gasteiger partial charge in [-0.05, 0) is 62.4 Å². The largest absolute Gasteiger partial charge is 0.457 e. The molecule has 1 N–H and O–H groups in total. The van der Waals surface area contributed by atoms with E-state index in [-0.39, 0.29) is 11.7 Å². The van der Waals surface area contributed by atoms with Crippen LogP contribution in [-0.2, 0) is 0 Å². The summed E-state index contributed by atoms with van der Waals surface area (Å²) in [6, 6.07) is 32.7. The summed E-state index contributed by atoms with van der Waals surface area (Å²) >= 11 is 0. The zero-order valence-electron chi connectivity index (χ0n) is 19.5. The van der Waals surface area contributed by atoms with E-state index in [4.69, 9.17) is 4.74 Å². The van der Waals surface area contributed by atoms with Crippen LogP contribution in [0.3, 0.4) is 0 Å². The van der Waals surface area contributed by atoms with Crippen LogP contribution in [0.5, 0.6) is 11.5 Å². The predicted molar refractivity (Wildman–Crippen MR) is 137 cm³/mol. The summed E-state index contributed by atoms with van der Waals surface area (Å²) in [7, 11) is 0. The number of benzene rings is 4. The second-order valence-electron chi connectivity index (χ2n) is 8.27. The maximum Gasteiger partial charge on any atom is 0.295 e. The third kappa shape index (κ3) is 5.12. The molecule has 0 aliphatic carbocycles. The van der Waals surface area contributed by atoms with E-state index in [0.29, 0.717) is 17.3 Å². The molecule has 5 aromatic rings. The molecule has 0 aliphatic heterocycles. The highest BCUT2D eigenvalue weighted by molar-refractivity contribution is 6.01. The van der Waals surface area contributed by atoms with Crippen LogP contribution in [0.25, 0.3) is 17.1 Å². The molecule has 0 fully saturated rings. The average molecular weight is 461 g/mol. The highest BCUT2D eigenvalue weighted by Crippen LogP contribution is 2.24. The quantitative estimate of drug-likeness (QED) is 0.310. The van der Waals surface area contributed by atoms with Crippen molar-refractivity contribution in [3.8, 4) is 28.6 Å². The molecular formula is C29H24N4O2. The van der Waals surface area contributed by atoms with Gasteiger partial charge in [-0.1, -0.05) is 65.7 Å². The summed E-state index contributed by atoms with van der Waals surface area (Å²) in [6.45, 7) is 4.06. The van der Waals surface area contributed by atoms with Crippen molar-refractivity contribution in [3.63, 3.8) is 0 Å². The number of rotatable bonds is 6.